The van der Waals surface area contributed by atoms with Crippen LogP contribution >= 0.6 is 0 Å². The van der Waals surface area contributed by atoms with Crippen LogP contribution in [0.4, 0.5) is 14.5 Å². The van der Waals surface area contributed by atoms with Gasteiger partial charge in [0.15, 0.2) is 5.65 Å². The summed E-state index contributed by atoms with van der Waals surface area (Å²) in [5.41, 5.74) is 0.997. The Hall–Kier alpha value is -2.88. The zero-order chi connectivity index (χ0) is 20.6. The van der Waals surface area contributed by atoms with E-state index >= 15 is 0 Å². The van der Waals surface area contributed by atoms with Crippen molar-refractivity contribution in [1.29, 1.82) is 0 Å². The highest BCUT2D eigenvalue weighted by molar-refractivity contribution is 7.91. The fourth-order valence-electron chi connectivity index (χ4n) is 2.78. The molecule has 0 unspecified atom stereocenters. The maximum absolute atomic E-state index is 12.9. The molecule has 1 aromatic carbocycles. The Morgan fingerprint density at radius 3 is 2.54 bits per heavy atom. The molecule has 3 rings (SSSR count). The average molecular weight is 408 g/mol. The van der Waals surface area contributed by atoms with Crippen LogP contribution < -0.4 is 5.32 Å². The highest BCUT2D eigenvalue weighted by Gasteiger charge is 2.29. The molecule has 2 heterocycles. The maximum Gasteiger partial charge on any atom is 0.341 e. The summed E-state index contributed by atoms with van der Waals surface area (Å²) in [5, 5.41) is 7.29. The lowest BCUT2D eigenvalue weighted by atomic mass is 10.1. The lowest BCUT2D eigenvalue weighted by molar-refractivity contribution is 0.102. The molecule has 0 atom stereocenters. The predicted octanol–water partition coefficient (Wildman–Crippen LogP) is 3.57. The van der Waals surface area contributed by atoms with Crippen LogP contribution in [0.5, 0.6) is 0 Å². The van der Waals surface area contributed by atoms with Crippen LogP contribution in [0.15, 0.2) is 41.4 Å². The van der Waals surface area contributed by atoms with Gasteiger partial charge >= 0.3 is 5.76 Å². The van der Waals surface area contributed by atoms with Gasteiger partial charge < -0.3 is 5.32 Å². The SMILES string of the molecule is Cc1nc2c(cnn2C(C)C)cc1C(=O)Nc1ccccc1S(=O)(=O)C(F)F. The van der Waals surface area contributed by atoms with E-state index in [9.17, 15) is 22.0 Å². The van der Waals surface area contributed by atoms with Crippen LogP contribution in [0.25, 0.3) is 11.0 Å². The van der Waals surface area contributed by atoms with Crippen molar-refractivity contribution in [2.75, 3.05) is 5.32 Å². The second kappa shape index (κ2) is 7.27. The number of halogens is 2. The van der Waals surface area contributed by atoms with Crippen LogP contribution in [0.2, 0.25) is 0 Å². The van der Waals surface area contributed by atoms with E-state index in [0.717, 1.165) is 6.07 Å². The van der Waals surface area contributed by atoms with Gasteiger partial charge in [-0.1, -0.05) is 12.1 Å². The molecule has 0 radical (unpaired) electrons. The number of rotatable bonds is 5. The minimum absolute atomic E-state index is 0.0792. The summed E-state index contributed by atoms with van der Waals surface area (Å²) in [6.07, 6.45) is 1.58. The Balaban J connectivity index is 2.00. The van der Waals surface area contributed by atoms with Crippen LogP contribution in [-0.4, -0.2) is 34.8 Å². The number of aromatic nitrogens is 3. The third kappa shape index (κ3) is 3.47. The zero-order valence-corrected chi connectivity index (χ0v) is 16.2. The molecular weight excluding hydrogens is 390 g/mol. The van der Waals surface area contributed by atoms with E-state index < -0.39 is 26.4 Å². The molecule has 1 amide bonds. The maximum atomic E-state index is 12.9. The Bertz CT molecular complexity index is 1160. The lowest BCUT2D eigenvalue weighted by Crippen LogP contribution is -2.19. The second-order valence-corrected chi connectivity index (χ2v) is 8.36. The molecule has 0 saturated carbocycles. The number of para-hydroxylation sites is 1. The Labute approximate surface area is 160 Å². The number of sulfone groups is 1. The van der Waals surface area contributed by atoms with E-state index in [2.05, 4.69) is 15.4 Å². The van der Waals surface area contributed by atoms with E-state index in [1.807, 2.05) is 13.8 Å². The van der Waals surface area contributed by atoms with E-state index in [1.165, 1.54) is 18.2 Å². The van der Waals surface area contributed by atoms with Gasteiger partial charge in [-0.15, -0.1) is 0 Å². The number of hydrogen-bond acceptors (Lipinski definition) is 5. The first-order chi connectivity index (χ1) is 13.1. The van der Waals surface area contributed by atoms with Crippen LogP contribution in [0.3, 0.4) is 0 Å². The third-order valence-electron chi connectivity index (χ3n) is 4.17. The number of carbonyl (C=O) groups excluding carboxylic acids is 1. The van der Waals surface area contributed by atoms with Gasteiger partial charge in [0.1, 0.15) is 0 Å². The molecule has 0 spiro atoms. The van der Waals surface area contributed by atoms with E-state index in [1.54, 1.807) is 23.9 Å². The molecule has 28 heavy (non-hydrogen) atoms. The topological polar surface area (TPSA) is 93.9 Å². The Morgan fingerprint density at radius 1 is 1.21 bits per heavy atom. The molecule has 1 N–H and O–H groups in total. The van der Waals surface area contributed by atoms with Gasteiger partial charge in [0.05, 0.1) is 28.0 Å². The molecule has 0 fully saturated rings. The van der Waals surface area contributed by atoms with Crippen LogP contribution in [-0.2, 0) is 9.84 Å². The minimum Gasteiger partial charge on any atom is -0.321 e. The number of carbonyl (C=O) groups is 1. The van der Waals surface area contributed by atoms with Gasteiger partial charge in [0, 0.05) is 11.4 Å². The molecule has 0 aliphatic heterocycles. The molecule has 0 aliphatic carbocycles. The van der Waals surface area contributed by atoms with Crippen molar-refractivity contribution >= 4 is 32.5 Å². The minimum atomic E-state index is -4.86. The van der Waals surface area contributed by atoms with Crippen LogP contribution in [0.1, 0.15) is 35.9 Å². The number of nitrogens with one attached hydrogen (secondary N) is 1. The molecule has 3 aromatic rings. The first-order valence-electron chi connectivity index (χ1n) is 8.40. The summed E-state index contributed by atoms with van der Waals surface area (Å²) >= 11 is 0. The number of aryl methyl sites for hydroxylation is 1. The Kier molecular flexibility index (Phi) is 5.16. The van der Waals surface area contributed by atoms with Crippen LogP contribution in [0, 0.1) is 6.92 Å². The number of hydrogen-bond donors (Lipinski definition) is 1. The van der Waals surface area contributed by atoms with Crippen molar-refractivity contribution in [1.82, 2.24) is 14.8 Å². The van der Waals surface area contributed by atoms with Crippen molar-refractivity contribution in [2.24, 2.45) is 0 Å². The average Bonchev–Trinajstić information content (AvgIpc) is 3.04. The molecule has 10 heteroatoms. The monoisotopic (exact) mass is 408 g/mol. The normalized spacial score (nSPS) is 12.1. The number of pyridine rings is 1. The fourth-order valence-corrected chi connectivity index (χ4v) is 3.66. The summed E-state index contributed by atoms with van der Waals surface area (Å²) < 4.78 is 51.3. The summed E-state index contributed by atoms with van der Waals surface area (Å²) in [5.74, 6) is -4.24. The smallest absolute Gasteiger partial charge is 0.321 e. The number of alkyl halides is 2. The summed E-state index contributed by atoms with van der Waals surface area (Å²) in [4.78, 5) is 16.5. The van der Waals surface area contributed by atoms with Crippen molar-refractivity contribution in [3.8, 4) is 0 Å². The number of anilines is 1. The highest BCUT2D eigenvalue weighted by Crippen LogP contribution is 2.27. The number of benzene rings is 1. The lowest BCUT2D eigenvalue weighted by Gasteiger charge is -2.13. The van der Waals surface area contributed by atoms with Crippen molar-refractivity contribution < 1.29 is 22.0 Å². The second-order valence-electron chi connectivity index (χ2n) is 6.47. The quantitative estimate of drug-likeness (QED) is 0.697. The van der Waals surface area contributed by atoms with E-state index in [-0.39, 0.29) is 17.3 Å². The van der Waals surface area contributed by atoms with Gasteiger partial charge in [-0.05, 0) is 39.0 Å². The van der Waals surface area contributed by atoms with Crippen molar-refractivity contribution in [3.63, 3.8) is 0 Å². The first kappa shape index (κ1) is 19.9. The van der Waals surface area contributed by atoms with Gasteiger partial charge in [0.25, 0.3) is 5.91 Å². The molecule has 0 bridgehead atoms. The Morgan fingerprint density at radius 2 is 1.89 bits per heavy atom. The van der Waals surface area contributed by atoms with Gasteiger partial charge in [-0.25, -0.2) is 18.1 Å². The van der Waals surface area contributed by atoms with Gasteiger partial charge in [0.2, 0.25) is 9.84 Å². The molecule has 2 aromatic heterocycles. The molecular formula is C18H18F2N4O3S. The fraction of sp³-hybridized carbons (Fsp3) is 0.278. The third-order valence-corrected chi connectivity index (χ3v) is 5.61. The van der Waals surface area contributed by atoms with E-state index in [4.69, 9.17) is 0 Å². The zero-order valence-electron chi connectivity index (χ0n) is 15.3. The summed E-state index contributed by atoms with van der Waals surface area (Å²) in [6, 6.07) is 6.70. The highest BCUT2D eigenvalue weighted by atomic mass is 32.2. The van der Waals surface area contributed by atoms with E-state index in [0.29, 0.717) is 16.7 Å². The first-order valence-corrected chi connectivity index (χ1v) is 9.95. The van der Waals surface area contributed by atoms with Gasteiger partial charge in [-0.3, -0.25) is 4.79 Å². The number of nitrogens with zero attached hydrogens (tertiary/aromatic N) is 3. The molecule has 148 valence electrons. The molecule has 0 aliphatic rings. The standard InChI is InChI=1S/C18H18F2N4O3S/c1-10(2)24-16-12(9-21-24)8-13(11(3)22-16)17(25)23-14-6-4-5-7-15(14)28(26,27)18(19)20/h4-10,18H,1-3H3,(H,23,25). The summed E-state index contributed by atoms with van der Waals surface area (Å²) in [7, 11) is -4.86. The molecule has 7 nitrogen and oxygen atoms in total. The number of amides is 1. The van der Waals surface area contributed by atoms with Crippen molar-refractivity contribution in [2.45, 2.75) is 37.5 Å². The summed E-state index contributed by atoms with van der Waals surface area (Å²) in [6.45, 7) is 5.53. The molecule has 0 saturated heterocycles. The van der Waals surface area contributed by atoms with Gasteiger partial charge in [-0.2, -0.15) is 13.9 Å². The number of fused-ring (bicyclic) bond motifs is 1. The largest absolute Gasteiger partial charge is 0.341 e. The van der Waals surface area contributed by atoms with Crippen molar-refractivity contribution in [3.05, 3.63) is 47.8 Å². The predicted molar refractivity (Wildman–Crippen MR) is 100 cm³/mol.